The zero-order chi connectivity index (χ0) is 13.5. The van der Waals surface area contributed by atoms with Gasteiger partial charge in [-0.1, -0.05) is 0 Å². The first-order valence-corrected chi connectivity index (χ1v) is 7.16. The molecule has 0 aliphatic carbocycles. The van der Waals surface area contributed by atoms with E-state index < -0.39 is 0 Å². The van der Waals surface area contributed by atoms with Gasteiger partial charge in [-0.3, -0.25) is 0 Å². The summed E-state index contributed by atoms with van der Waals surface area (Å²) >= 11 is 3.38. The maximum absolute atomic E-state index is 5.85. The van der Waals surface area contributed by atoms with Crippen LogP contribution in [0, 0.1) is 0 Å². The van der Waals surface area contributed by atoms with Gasteiger partial charge in [-0.15, -0.1) is 0 Å². The van der Waals surface area contributed by atoms with Crippen LogP contribution in [-0.4, -0.2) is 41.3 Å². The normalized spacial score (nSPS) is 16.1. The van der Waals surface area contributed by atoms with E-state index in [4.69, 9.17) is 9.15 Å². The Kier molecular flexibility index (Phi) is 2.82. The van der Waals surface area contributed by atoms with Gasteiger partial charge in [0.25, 0.3) is 0 Å². The smallest absolute Gasteiger partial charge is 0.229 e. The first-order chi connectivity index (χ1) is 9.83. The molecule has 4 rings (SSSR count). The SMILES string of the molecule is Brc1nc(N2CCOCC2)c2oc3ncccc3c2n1. The largest absolute Gasteiger partial charge is 0.432 e. The molecule has 4 heterocycles. The highest BCUT2D eigenvalue weighted by atomic mass is 79.9. The molecule has 20 heavy (non-hydrogen) atoms. The third-order valence-corrected chi connectivity index (χ3v) is 3.71. The standard InChI is InChI=1S/C13H11BrN4O2/c14-13-16-9-8-2-1-3-15-12(8)20-10(9)11(17-13)18-4-6-19-7-5-18/h1-3H,4-7H2. The minimum atomic E-state index is 0.554. The van der Waals surface area contributed by atoms with Gasteiger partial charge in [0.05, 0.1) is 18.6 Å². The van der Waals surface area contributed by atoms with Crippen molar-refractivity contribution in [3.8, 4) is 0 Å². The number of pyridine rings is 1. The summed E-state index contributed by atoms with van der Waals surface area (Å²) < 4.78 is 11.8. The van der Waals surface area contributed by atoms with Crippen LogP contribution in [0.5, 0.6) is 0 Å². The van der Waals surface area contributed by atoms with E-state index in [-0.39, 0.29) is 0 Å². The molecule has 0 N–H and O–H groups in total. The van der Waals surface area contributed by atoms with Crippen LogP contribution in [0.3, 0.4) is 0 Å². The first kappa shape index (κ1) is 12.0. The van der Waals surface area contributed by atoms with Crippen molar-refractivity contribution in [1.82, 2.24) is 15.0 Å². The van der Waals surface area contributed by atoms with Crippen LogP contribution in [0.4, 0.5) is 5.82 Å². The second kappa shape index (κ2) is 4.68. The zero-order valence-electron chi connectivity index (χ0n) is 10.5. The van der Waals surface area contributed by atoms with Crippen molar-refractivity contribution < 1.29 is 9.15 Å². The second-order valence-electron chi connectivity index (χ2n) is 4.55. The van der Waals surface area contributed by atoms with E-state index in [1.54, 1.807) is 6.20 Å². The molecule has 0 unspecified atom stereocenters. The lowest BCUT2D eigenvalue weighted by atomic mass is 10.3. The molecular weight excluding hydrogens is 324 g/mol. The summed E-state index contributed by atoms with van der Waals surface area (Å²) in [5.41, 5.74) is 2.06. The van der Waals surface area contributed by atoms with Gasteiger partial charge in [-0.25, -0.2) is 15.0 Å². The highest BCUT2D eigenvalue weighted by Gasteiger charge is 2.21. The molecule has 1 aliphatic rings. The van der Waals surface area contributed by atoms with E-state index in [0.29, 0.717) is 29.2 Å². The van der Waals surface area contributed by atoms with Crippen LogP contribution in [-0.2, 0) is 4.74 Å². The predicted molar refractivity (Wildman–Crippen MR) is 77.8 cm³/mol. The van der Waals surface area contributed by atoms with Gasteiger partial charge in [0, 0.05) is 19.3 Å². The number of ether oxygens (including phenoxy) is 1. The van der Waals surface area contributed by atoms with Gasteiger partial charge < -0.3 is 14.1 Å². The summed E-state index contributed by atoms with van der Waals surface area (Å²) in [5, 5.41) is 0.903. The number of hydrogen-bond acceptors (Lipinski definition) is 6. The molecule has 3 aromatic rings. The summed E-state index contributed by atoms with van der Waals surface area (Å²) in [6.45, 7) is 2.98. The van der Waals surface area contributed by atoms with Gasteiger partial charge in [0.1, 0.15) is 5.52 Å². The summed E-state index contributed by atoms with van der Waals surface area (Å²) in [4.78, 5) is 15.3. The van der Waals surface area contributed by atoms with Crippen LogP contribution in [0.15, 0.2) is 27.5 Å². The molecule has 0 bridgehead atoms. The quantitative estimate of drug-likeness (QED) is 0.636. The minimum Gasteiger partial charge on any atom is -0.432 e. The van der Waals surface area contributed by atoms with Crippen molar-refractivity contribution in [2.75, 3.05) is 31.2 Å². The average molecular weight is 335 g/mol. The maximum atomic E-state index is 5.85. The number of morpholine rings is 1. The Hall–Kier alpha value is -1.73. The van der Waals surface area contributed by atoms with E-state index in [2.05, 4.69) is 35.8 Å². The number of anilines is 1. The molecule has 6 nitrogen and oxygen atoms in total. The molecule has 0 saturated carbocycles. The van der Waals surface area contributed by atoms with Gasteiger partial charge in [-0.2, -0.15) is 0 Å². The number of fused-ring (bicyclic) bond motifs is 3. The van der Waals surface area contributed by atoms with E-state index in [1.165, 1.54) is 0 Å². The fourth-order valence-corrected chi connectivity index (χ4v) is 2.77. The molecule has 1 aliphatic heterocycles. The molecule has 1 fully saturated rings. The van der Waals surface area contributed by atoms with E-state index in [9.17, 15) is 0 Å². The Morgan fingerprint density at radius 1 is 1.20 bits per heavy atom. The lowest BCUT2D eigenvalue weighted by Gasteiger charge is -2.27. The van der Waals surface area contributed by atoms with Gasteiger partial charge >= 0.3 is 0 Å². The average Bonchev–Trinajstić information content (AvgIpc) is 2.86. The highest BCUT2D eigenvalue weighted by molar-refractivity contribution is 9.10. The molecule has 102 valence electrons. The lowest BCUT2D eigenvalue weighted by Crippen LogP contribution is -2.36. The zero-order valence-corrected chi connectivity index (χ0v) is 12.1. The highest BCUT2D eigenvalue weighted by Crippen LogP contribution is 2.33. The number of halogens is 1. The number of rotatable bonds is 1. The monoisotopic (exact) mass is 334 g/mol. The first-order valence-electron chi connectivity index (χ1n) is 6.36. The molecule has 0 amide bonds. The summed E-state index contributed by atoms with van der Waals surface area (Å²) in [7, 11) is 0. The van der Waals surface area contributed by atoms with Crippen LogP contribution in [0.25, 0.3) is 22.2 Å². The van der Waals surface area contributed by atoms with E-state index in [0.717, 1.165) is 29.8 Å². The molecule has 0 radical (unpaired) electrons. The molecule has 1 saturated heterocycles. The fraction of sp³-hybridized carbons (Fsp3) is 0.308. The summed E-state index contributed by atoms with van der Waals surface area (Å²) in [5.74, 6) is 0.795. The fourth-order valence-electron chi connectivity index (χ4n) is 2.43. The summed E-state index contributed by atoms with van der Waals surface area (Å²) in [6.07, 6.45) is 1.71. The van der Waals surface area contributed by atoms with E-state index in [1.807, 2.05) is 12.1 Å². The number of aromatic nitrogens is 3. The van der Waals surface area contributed by atoms with Crippen LogP contribution < -0.4 is 4.90 Å². The minimum absolute atomic E-state index is 0.554. The molecule has 3 aromatic heterocycles. The van der Waals surface area contributed by atoms with Crippen molar-refractivity contribution in [2.24, 2.45) is 0 Å². The number of furan rings is 1. The Bertz CT molecular complexity index is 782. The second-order valence-corrected chi connectivity index (χ2v) is 5.26. The third-order valence-electron chi connectivity index (χ3n) is 3.36. The number of nitrogens with zero attached hydrogens (tertiary/aromatic N) is 4. The van der Waals surface area contributed by atoms with Crippen LogP contribution in [0.1, 0.15) is 0 Å². The molecule has 0 aromatic carbocycles. The van der Waals surface area contributed by atoms with Gasteiger partial charge in [0.2, 0.25) is 5.71 Å². The van der Waals surface area contributed by atoms with E-state index >= 15 is 0 Å². The van der Waals surface area contributed by atoms with Crippen molar-refractivity contribution >= 4 is 43.9 Å². The number of hydrogen-bond donors (Lipinski definition) is 0. The van der Waals surface area contributed by atoms with Crippen LogP contribution >= 0.6 is 15.9 Å². The van der Waals surface area contributed by atoms with Crippen molar-refractivity contribution in [2.45, 2.75) is 0 Å². The van der Waals surface area contributed by atoms with Gasteiger partial charge in [-0.05, 0) is 28.1 Å². The van der Waals surface area contributed by atoms with Crippen LogP contribution in [0.2, 0.25) is 0 Å². The third kappa shape index (κ3) is 1.85. The topological polar surface area (TPSA) is 64.3 Å². The maximum Gasteiger partial charge on any atom is 0.229 e. The molecular formula is C13H11BrN4O2. The Morgan fingerprint density at radius 2 is 2.05 bits per heavy atom. The molecule has 0 atom stereocenters. The molecule has 7 heteroatoms. The van der Waals surface area contributed by atoms with Gasteiger partial charge in [0.15, 0.2) is 16.1 Å². The molecule has 0 spiro atoms. The summed E-state index contributed by atoms with van der Waals surface area (Å²) in [6, 6.07) is 3.83. The Morgan fingerprint density at radius 3 is 2.90 bits per heavy atom. The Balaban J connectivity index is 1.99. The lowest BCUT2D eigenvalue weighted by molar-refractivity contribution is 0.122. The van der Waals surface area contributed by atoms with Crippen molar-refractivity contribution in [3.63, 3.8) is 0 Å². The van der Waals surface area contributed by atoms with Crippen molar-refractivity contribution in [1.29, 1.82) is 0 Å². The van der Waals surface area contributed by atoms with Crippen molar-refractivity contribution in [3.05, 3.63) is 23.1 Å². The predicted octanol–water partition coefficient (Wildman–Crippen LogP) is 2.37. The Labute approximate surface area is 122 Å².